The zero-order valence-electron chi connectivity index (χ0n) is 14.5. The molecule has 0 unspecified atom stereocenters. The van der Waals surface area contributed by atoms with Crippen molar-refractivity contribution in [2.45, 2.75) is 38.0 Å². The Morgan fingerprint density at radius 3 is 2.31 bits per heavy atom. The van der Waals surface area contributed by atoms with E-state index in [0.717, 1.165) is 50.2 Å². The van der Waals surface area contributed by atoms with E-state index in [1.54, 1.807) is 12.1 Å². The summed E-state index contributed by atoms with van der Waals surface area (Å²) in [7, 11) is 0. The Kier molecular flexibility index (Phi) is 4.75. The third-order valence-corrected chi connectivity index (χ3v) is 5.12. The van der Waals surface area contributed by atoms with Gasteiger partial charge in [0.2, 0.25) is 0 Å². The molecule has 2 aromatic rings. The summed E-state index contributed by atoms with van der Waals surface area (Å²) in [6.45, 7) is 4.21. The lowest BCUT2D eigenvalue weighted by Gasteiger charge is -2.34. The van der Waals surface area contributed by atoms with Crippen LogP contribution in [0.15, 0.2) is 34.9 Å². The van der Waals surface area contributed by atoms with Crippen LogP contribution in [0.4, 0.5) is 13.2 Å². The molecule has 1 aromatic heterocycles. The lowest BCUT2D eigenvalue weighted by Crippen LogP contribution is -2.45. The molecule has 0 amide bonds. The molecule has 140 valence electrons. The van der Waals surface area contributed by atoms with E-state index in [4.69, 9.17) is 4.52 Å². The zero-order valence-corrected chi connectivity index (χ0v) is 14.5. The predicted molar refractivity (Wildman–Crippen MR) is 90.5 cm³/mol. The number of halogens is 3. The van der Waals surface area contributed by atoms with Crippen LogP contribution in [0, 0.1) is 0 Å². The first-order valence-corrected chi connectivity index (χ1v) is 9.04. The first kappa shape index (κ1) is 17.5. The third-order valence-electron chi connectivity index (χ3n) is 5.12. The van der Waals surface area contributed by atoms with Gasteiger partial charge in [-0.3, -0.25) is 9.80 Å². The summed E-state index contributed by atoms with van der Waals surface area (Å²) in [5.74, 6) is 1.55. The molecule has 26 heavy (non-hydrogen) atoms. The molecule has 4 rings (SSSR count). The van der Waals surface area contributed by atoms with E-state index in [0.29, 0.717) is 18.0 Å². The fraction of sp³-hybridized carbons (Fsp3) is 0.526. The Hall–Kier alpha value is -1.86. The third kappa shape index (κ3) is 4.10. The van der Waals surface area contributed by atoms with Crippen molar-refractivity contribution in [1.82, 2.24) is 15.0 Å². The standard InChI is InChI=1S/C19H22F3N3O/c20-19(21,22)17-4-2-1-3-15(17)12-24-7-9-25(10-8-24)13-16-11-18(26-23-16)14-5-6-14/h1-4,11,14H,5-10,12-13H2. The molecule has 1 aromatic carbocycles. The van der Waals surface area contributed by atoms with E-state index in [1.165, 1.54) is 18.9 Å². The molecule has 1 saturated heterocycles. The Morgan fingerprint density at radius 1 is 1.00 bits per heavy atom. The van der Waals surface area contributed by atoms with Crippen LogP contribution in [0.5, 0.6) is 0 Å². The summed E-state index contributed by atoms with van der Waals surface area (Å²) < 4.78 is 44.8. The molecule has 1 aliphatic carbocycles. The maximum absolute atomic E-state index is 13.1. The molecule has 2 fully saturated rings. The lowest BCUT2D eigenvalue weighted by atomic mass is 10.1. The van der Waals surface area contributed by atoms with Crippen LogP contribution in [0.2, 0.25) is 0 Å². The predicted octanol–water partition coefficient (Wildman–Crippen LogP) is 3.89. The maximum atomic E-state index is 13.1. The highest BCUT2D eigenvalue weighted by molar-refractivity contribution is 5.29. The van der Waals surface area contributed by atoms with Crippen LogP contribution in [0.3, 0.4) is 0 Å². The molecule has 2 aliphatic rings. The number of rotatable bonds is 5. The summed E-state index contributed by atoms with van der Waals surface area (Å²) in [4.78, 5) is 4.36. The molecule has 0 spiro atoms. The molecular weight excluding hydrogens is 343 g/mol. The average molecular weight is 365 g/mol. The van der Waals surface area contributed by atoms with Gasteiger partial charge >= 0.3 is 6.18 Å². The first-order valence-electron chi connectivity index (χ1n) is 9.04. The number of hydrogen-bond acceptors (Lipinski definition) is 4. The molecule has 0 bridgehead atoms. The molecule has 0 N–H and O–H groups in total. The van der Waals surface area contributed by atoms with E-state index in [9.17, 15) is 13.2 Å². The van der Waals surface area contributed by atoms with Gasteiger partial charge in [-0.05, 0) is 24.5 Å². The molecular formula is C19H22F3N3O. The highest BCUT2D eigenvalue weighted by Gasteiger charge is 2.33. The molecule has 7 heteroatoms. The van der Waals surface area contributed by atoms with E-state index < -0.39 is 11.7 Å². The average Bonchev–Trinajstić information content (AvgIpc) is 3.36. The van der Waals surface area contributed by atoms with Crippen molar-refractivity contribution in [3.05, 3.63) is 52.9 Å². The second-order valence-electron chi connectivity index (χ2n) is 7.20. The van der Waals surface area contributed by atoms with Crippen LogP contribution in [-0.2, 0) is 19.3 Å². The van der Waals surface area contributed by atoms with Gasteiger partial charge in [0.15, 0.2) is 0 Å². The monoisotopic (exact) mass is 365 g/mol. The Balaban J connectivity index is 1.31. The Bertz CT molecular complexity index is 746. The summed E-state index contributed by atoms with van der Waals surface area (Å²) in [6, 6.07) is 7.89. The molecule has 0 atom stereocenters. The number of benzene rings is 1. The largest absolute Gasteiger partial charge is 0.416 e. The van der Waals surface area contributed by atoms with E-state index in [2.05, 4.69) is 15.0 Å². The smallest absolute Gasteiger partial charge is 0.361 e. The van der Waals surface area contributed by atoms with Crippen molar-refractivity contribution in [3.63, 3.8) is 0 Å². The topological polar surface area (TPSA) is 32.5 Å². The highest BCUT2D eigenvalue weighted by atomic mass is 19.4. The number of aromatic nitrogens is 1. The molecule has 0 radical (unpaired) electrons. The summed E-state index contributed by atoms with van der Waals surface area (Å²) in [5.41, 5.74) is 0.763. The van der Waals surface area contributed by atoms with Gasteiger partial charge in [0.25, 0.3) is 0 Å². The van der Waals surface area contributed by atoms with Crippen molar-refractivity contribution < 1.29 is 17.7 Å². The zero-order chi connectivity index (χ0) is 18.1. The summed E-state index contributed by atoms with van der Waals surface area (Å²) in [5, 5.41) is 4.14. The minimum absolute atomic E-state index is 0.333. The van der Waals surface area contributed by atoms with E-state index >= 15 is 0 Å². The molecule has 1 saturated carbocycles. The highest BCUT2D eigenvalue weighted by Crippen LogP contribution is 2.40. The van der Waals surface area contributed by atoms with Crippen molar-refractivity contribution in [2.24, 2.45) is 0 Å². The van der Waals surface area contributed by atoms with E-state index in [-0.39, 0.29) is 0 Å². The second-order valence-corrected chi connectivity index (χ2v) is 7.20. The Morgan fingerprint density at radius 2 is 1.65 bits per heavy atom. The number of hydrogen-bond donors (Lipinski definition) is 0. The van der Waals surface area contributed by atoms with Crippen LogP contribution < -0.4 is 0 Å². The van der Waals surface area contributed by atoms with Gasteiger partial charge in [-0.15, -0.1) is 0 Å². The summed E-state index contributed by atoms with van der Waals surface area (Å²) >= 11 is 0. The summed E-state index contributed by atoms with van der Waals surface area (Å²) in [6.07, 6.45) is -1.93. The van der Waals surface area contributed by atoms with Crippen LogP contribution in [-0.4, -0.2) is 41.1 Å². The van der Waals surface area contributed by atoms with Crippen molar-refractivity contribution in [3.8, 4) is 0 Å². The van der Waals surface area contributed by atoms with Gasteiger partial charge in [-0.2, -0.15) is 13.2 Å². The van der Waals surface area contributed by atoms with Crippen LogP contribution >= 0.6 is 0 Å². The van der Waals surface area contributed by atoms with Crippen molar-refractivity contribution in [2.75, 3.05) is 26.2 Å². The normalized spacial score (nSPS) is 19.8. The fourth-order valence-electron chi connectivity index (χ4n) is 3.47. The van der Waals surface area contributed by atoms with Gasteiger partial charge in [-0.25, -0.2) is 0 Å². The fourth-order valence-corrected chi connectivity index (χ4v) is 3.47. The van der Waals surface area contributed by atoms with Crippen LogP contribution in [0.25, 0.3) is 0 Å². The Labute approximate surface area is 150 Å². The molecule has 4 nitrogen and oxygen atoms in total. The van der Waals surface area contributed by atoms with Crippen molar-refractivity contribution >= 4 is 0 Å². The minimum Gasteiger partial charge on any atom is -0.361 e. The maximum Gasteiger partial charge on any atom is 0.416 e. The van der Waals surface area contributed by atoms with Crippen LogP contribution in [0.1, 0.15) is 41.3 Å². The van der Waals surface area contributed by atoms with Gasteiger partial charge in [0.1, 0.15) is 5.76 Å². The molecule has 2 heterocycles. The SMILES string of the molecule is FC(F)(F)c1ccccc1CN1CCN(Cc2cc(C3CC3)on2)CC1. The first-order chi connectivity index (χ1) is 12.5. The van der Waals surface area contributed by atoms with Gasteiger partial charge in [0.05, 0.1) is 11.3 Å². The number of nitrogens with zero attached hydrogens (tertiary/aromatic N) is 3. The van der Waals surface area contributed by atoms with Gasteiger partial charge in [0, 0.05) is 51.3 Å². The minimum atomic E-state index is -4.30. The van der Waals surface area contributed by atoms with Crippen molar-refractivity contribution in [1.29, 1.82) is 0 Å². The van der Waals surface area contributed by atoms with E-state index in [1.807, 2.05) is 6.07 Å². The van der Waals surface area contributed by atoms with Gasteiger partial charge < -0.3 is 4.52 Å². The quantitative estimate of drug-likeness (QED) is 0.805. The lowest BCUT2D eigenvalue weighted by molar-refractivity contribution is -0.138. The van der Waals surface area contributed by atoms with Gasteiger partial charge in [-0.1, -0.05) is 23.4 Å². The molecule has 1 aliphatic heterocycles. The number of alkyl halides is 3. The number of piperazine rings is 1. The second kappa shape index (κ2) is 7.04.